The van der Waals surface area contributed by atoms with Crippen LogP contribution in [0.15, 0.2) is 71.0 Å². The maximum Gasteiger partial charge on any atom is 0.111 e. The highest BCUT2D eigenvalue weighted by molar-refractivity contribution is 6.31. The number of pyridine rings is 1. The van der Waals surface area contributed by atoms with Crippen molar-refractivity contribution in [2.45, 2.75) is 6.54 Å². The molecule has 3 nitrogen and oxygen atoms in total. The van der Waals surface area contributed by atoms with Crippen molar-refractivity contribution in [3.8, 4) is 0 Å². The van der Waals surface area contributed by atoms with Crippen LogP contribution >= 0.6 is 11.6 Å². The van der Waals surface area contributed by atoms with Crippen molar-refractivity contribution in [3.63, 3.8) is 0 Å². The molecule has 1 heterocycles. The van der Waals surface area contributed by atoms with Crippen LogP contribution in [0.3, 0.4) is 0 Å². The van der Waals surface area contributed by atoms with Crippen molar-refractivity contribution < 1.29 is 0 Å². The molecule has 0 fully saturated rings. The van der Waals surface area contributed by atoms with Crippen LogP contribution in [0.5, 0.6) is 0 Å². The largest absolute Gasteiger partial charge is 0.254 e. The number of rotatable bonds is 3. The zero-order valence-electron chi connectivity index (χ0n) is 10.7. The first-order chi connectivity index (χ1) is 9.84. The standard InChI is InChI=1S/C16H12ClN3/c17-14-8-2-1-5-13(14)11-19-20-15-9-3-6-12-7-4-10-18-16(12)15/h1-10H,11H2. The minimum Gasteiger partial charge on any atom is -0.254 e. The summed E-state index contributed by atoms with van der Waals surface area (Å²) >= 11 is 6.09. The lowest BCUT2D eigenvalue weighted by Crippen LogP contribution is -1.82. The number of benzene rings is 2. The first-order valence-corrected chi connectivity index (χ1v) is 6.67. The van der Waals surface area contributed by atoms with Crippen LogP contribution in [0, 0.1) is 0 Å². The SMILES string of the molecule is Clc1ccccc1CN=Nc1cccc2cccnc12. The Hall–Kier alpha value is -2.26. The van der Waals surface area contributed by atoms with Crippen molar-refractivity contribution in [2.24, 2.45) is 10.2 Å². The highest BCUT2D eigenvalue weighted by Crippen LogP contribution is 2.24. The summed E-state index contributed by atoms with van der Waals surface area (Å²) in [5.41, 5.74) is 2.60. The molecule has 0 saturated heterocycles. The van der Waals surface area contributed by atoms with Gasteiger partial charge in [-0.1, -0.05) is 48.0 Å². The smallest absolute Gasteiger partial charge is 0.111 e. The Morgan fingerprint density at radius 1 is 0.950 bits per heavy atom. The van der Waals surface area contributed by atoms with E-state index >= 15 is 0 Å². The average molecular weight is 282 g/mol. The first-order valence-electron chi connectivity index (χ1n) is 6.29. The average Bonchev–Trinajstić information content (AvgIpc) is 2.49. The van der Waals surface area contributed by atoms with E-state index in [9.17, 15) is 0 Å². The molecule has 0 aliphatic heterocycles. The predicted molar refractivity (Wildman–Crippen MR) is 81.4 cm³/mol. The quantitative estimate of drug-likeness (QED) is 0.610. The summed E-state index contributed by atoms with van der Waals surface area (Å²) in [7, 11) is 0. The minimum atomic E-state index is 0.461. The van der Waals surface area contributed by atoms with Gasteiger partial charge in [0.05, 0.1) is 12.1 Å². The van der Waals surface area contributed by atoms with Crippen molar-refractivity contribution in [3.05, 3.63) is 71.4 Å². The molecule has 3 aromatic rings. The van der Waals surface area contributed by atoms with Crippen molar-refractivity contribution >= 4 is 28.2 Å². The molecule has 20 heavy (non-hydrogen) atoms. The summed E-state index contributed by atoms with van der Waals surface area (Å²) in [6.07, 6.45) is 1.76. The third-order valence-electron chi connectivity index (χ3n) is 2.99. The van der Waals surface area contributed by atoms with E-state index < -0.39 is 0 Å². The molecular weight excluding hydrogens is 270 g/mol. The molecule has 0 aliphatic rings. The normalized spacial score (nSPS) is 11.2. The van der Waals surface area contributed by atoms with E-state index in [1.54, 1.807) is 6.20 Å². The van der Waals surface area contributed by atoms with Gasteiger partial charge in [0.1, 0.15) is 5.69 Å². The zero-order chi connectivity index (χ0) is 13.8. The topological polar surface area (TPSA) is 37.6 Å². The summed E-state index contributed by atoms with van der Waals surface area (Å²) in [6.45, 7) is 0.461. The van der Waals surface area contributed by atoms with Gasteiger partial charge in [0.2, 0.25) is 0 Å². The van der Waals surface area contributed by atoms with E-state index in [0.717, 1.165) is 22.2 Å². The van der Waals surface area contributed by atoms with E-state index in [1.165, 1.54) is 0 Å². The van der Waals surface area contributed by atoms with E-state index in [4.69, 9.17) is 11.6 Å². The number of aromatic nitrogens is 1. The van der Waals surface area contributed by atoms with E-state index in [-0.39, 0.29) is 0 Å². The second kappa shape index (κ2) is 5.80. The van der Waals surface area contributed by atoms with Gasteiger partial charge in [0.15, 0.2) is 0 Å². The van der Waals surface area contributed by atoms with Crippen LogP contribution in [0.1, 0.15) is 5.56 Å². The highest BCUT2D eigenvalue weighted by Gasteiger charge is 2.00. The lowest BCUT2D eigenvalue weighted by molar-refractivity contribution is 0.961. The molecule has 0 N–H and O–H groups in total. The molecule has 0 unspecified atom stereocenters. The van der Waals surface area contributed by atoms with Gasteiger partial charge in [0.25, 0.3) is 0 Å². The molecule has 0 amide bonds. The van der Waals surface area contributed by atoms with Crippen molar-refractivity contribution in [2.75, 3.05) is 0 Å². The molecule has 0 radical (unpaired) electrons. The Kier molecular flexibility index (Phi) is 3.70. The summed E-state index contributed by atoms with van der Waals surface area (Å²) in [5, 5.41) is 10.3. The van der Waals surface area contributed by atoms with Gasteiger partial charge in [-0.25, -0.2) is 0 Å². The fraction of sp³-hybridized carbons (Fsp3) is 0.0625. The molecule has 0 spiro atoms. The van der Waals surface area contributed by atoms with Gasteiger partial charge in [-0.15, -0.1) is 0 Å². The molecule has 0 aliphatic carbocycles. The Bertz CT molecular complexity index is 763. The van der Waals surface area contributed by atoms with Crippen molar-refractivity contribution in [1.82, 2.24) is 4.98 Å². The molecule has 0 atom stereocenters. The monoisotopic (exact) mass is 281 g/mol. The van der Waals surface area contributed by atoms with E-state index in [2.05, 4.69) is 15.2 Å². The first kappa shape index (κ1) is 12.8. The fourth-order valence-corrected chi connectivity index (χ4v) is 2.18. The van der Waals surface area contributed by atoms with Gasteiger partial charge in [-0.2, -0.15) is 10.2 Å². The molecule has 0 bridgehead atoms. The van der Waals surface area contributed by atoms with Crippen LogP contribution in [0.25, 0.3) is 10.9 Å². The molecule has 98 valence electrons. The summed E-state index contributed by atoms with van der Waals surface area (Å²) < 4.78 is 0. The third-order valence-corrected chi connectivity index (χ3v) is 3.36. The number of nitrogens with zero attached hydrogens (tertiary/aromatic N) is 3. The van der Waals surface area contributed by atoms with Gasteiger partial charge >= 0.3 is 0 Å². The molecule has 0 saturated carbocycles. The lowest BCUT2D eigenvalue weighted by Gasteiger charge is -2.00. The Balaban J connectivity index is 1.86. The number of azo groups is 1. The second-order valence-electron chi connectivity index (χ2n) is 4.34. The highest BCUT2D eigenvalue weighted by atomic mass is 35.5. The maximum atomic E-state index is 6.09. The summed E-state index contributed by atoms with van der Waals surface area (Å²) in [4.78, 5) is 4.34. The Morgan fingerprint density at radius 2 is 1.80 bits per heavy atom. The Morgan fingerprint density at radius 3 is 2.70 bits per heavy atom. The van der Waals surface area contributed by atoms with Gasteiger partial charge in [-0.05, 0) is 23.8 Å². The van der Waals surface area contributed by atoms with Gasteiger partial charge < -0.3 is 0 Å². The predicted octanol–water partition coefficient (Wildman–Crippen LogP) is 5.17. The summed E-state index contributed by atoms with van der Waals surface area (Å²) in [5.74, 6) is 0. The lowest BCUT2D eigenvalue weighted by atomic mass is 10.2. The Labute approximate surface area is 122 Å². The number of hydrogen-bond donors (Lipinski definition) is 0. The van der Waals surface area contributed by atoms with Crippen LogP contribution < -0.4 is 0 Å². The van der Waals surface area contributed by atoms with E-state index in [1.807, 2.05) is 54.6 Å². The zero-order valence-corrected chi connectivity index (χ0v) is 11.5. The fourth-order valence-electron chi connectivity index (χ4n) is 1.98. The number of hydrogen-bond acceptors (Lipinski definition) is 3. The van der Waals surface area contributed by atoms with Crippen LogP contribution in [-0.2, 0) is 6.54 Å². The number of halogens is 1. The molecule has 2 aromatic carbocycles. The van der Waals surface area contributed by atoms with Crippen LogP contribution in [0.4, 0.5) is 5.69 Å². The molecule has 1 aromatic heterocycles. The minimum absolute atomic E-state index is 0.461. The van der Waals surface area contributed by atoms with Gasteiger partial charge in [-0.3, -0.25) is 4.98 Å². The van der Waals surface area contributed by atoms with Gasteiger partial charge in [0, 0.05) is 16.6 Å². The molecule has 3 rings (SSSR count). The van der Waals surface area contributed by atoms with Crippen LogP contribution in [-0.4, -0.2) is 4.98 Å². The molecule has 4 heteroatoms. The van der Waals surface area contributed by atoms with Crippen molar-refractivity contribution in [1.29, 1.82) is 0 Å². The number of para-hydroxylation sites is 1. The van der Waals surface area contributed by atoms with Crippen LogP contribution in [0.2, 0.25) is 5.02 Å². The second-order valence-corrected chi connectivity index (χ2v) is 4.75. The maximum absolute atomic E-state index is 6.09. The third kappa shape index (κ3) is 2.68. The van der Waals surface area contributed by atoms with E-state index in [0.29, 0.717) is 11.6 Å². The molecular formula is C16H12ClN3. The summed E-state index contributed by atoms with van der Waals surface area (Å²) in [6, 6.07) is 17.4. The number of fused-ring (bicyclic) bond motifs is 1.